The maximum absolute atomic E-state index is 12.7. The fraction of sp³-hybridized carbons (Fsp3) is 0.889. The Hall–Kier alpha value is -0.450. The molecule has 5 nitrogen and oxygen atoms in total. The number of alkyl halides is 1. The highest BCUT2D eigenvalue weighted by atomic mass is 31.2. The van der Waals surface area contributed by atoms with E-state index in [0.717, 1.165) is 0 Å². The molecular weight excluding hydrogens is 238 g/mol. The molecule has 0 spiro atoms. The van der Waals surface area contributed by atoms with Gasteiger partial charge in [0.05, 0.1) is 13.2 Å². The van der Waals surface area contributed by atoms with Crippen molar-refractivity contribution in [2.45, 2.75) is 26.9 Å². The summed E-state index contributed by atoms with van der Waals surface area (Å²) in [4.78, 5) is 11.3. The zero-order valence-electron chi connectivity index (χ0n) is 9.57. The summed E-state index contributed by atoms with van der Waals surface area (Å²) in [5.74, 6) is 0. The average molecular weight is 254 g/mol. The van der Waals surface area contributed by atoms with Crippen molar-refractivity contribution in [2.24, 2.45) is 5.41 Å². The van der Waals surface area contributed by atoms with Crippen LogP contribution in [0.5, 0.6) is 0 Å². The molecule has 0 aromatic heterocycles. The van der Waals surface area contributed by atoms with Gasteiger partial charge in [-0.3, -0.25) is 9.05 Å². The molecule has 0 bridgehead atoms. The van der Waals surface area contributed by atoms with Crippen molar-refractivity contribution >= 4 is 13.3 Å². The van der Waals surface area contributed by atoms with Gasteiger partial charge in [0.15, 0.2) is 0 Å². The van der Waals surface area contributed by atoms with E-state index in [2.05, 4.69) is 4.74 Å². The van der Waals surface area contributed by atoms with Crippen LogP contribution in [-0.4, -0.2) is 31.7 Å². The number of carbonyl (C=O) groups is 1. The fourth-order valence-electron chi connectivity index (χ4n) is 1.22. The lowest BCUT2D eigenvalue weighted by molar-refractivity contribution is -0.0352. The summed E-state index contributed by atoms with van der Waals surface area (Å²) in [7, 11) is -3.97. The Morgan fingerprint density at radius 2 is 2.25 bits per heavy atom. The largest absolute Gasteiger partial charge is 0.457 e. The Kier molecular flexibility index (Phi) is 4.10. The fourth-order valence-corrected chi connectivity index (χ4v) is 2.94. The van der Waals surface area contributed by atoms with Gasteiger partial charge in [0.2, 0.25) is 0 Å². The van der Waals surface area contributed by atoms with Crippen molar-refractivity contribution in [1.82, 2.24) is 0 Å². The van der Waals surface area contributed by atoms with Crippen LogP contribution in [0.4, 0.5) is 9.18 Å². The third-order valence-corrected chi connectivity index (χ3v) is 3.95. The molecule has 2 unspecified atom stereocenters. The molecule has 0 aliphatic carbocycles. The highest BCUT2D eigenvalue weighted by molar-refractivity contribution is 7.71. The molecule has 1 saturated heterocycles. The molecule has 1 rings (SSSR count). The first-order chi connectivity index (χ1) is 7.35. The van der Waals surface area contributed by atoms with Gasteiger partial charge in [0, 0.05) is 5.41 Å². The summed E-state index contributed by atoms with van der Waals surface area (Å²) in [5.41, 5.74) is -1.67. The Morgan fingerprint density at radius 1 is 1.62 bits per heavy atom. The number of halogens is 1. The van der Waals surface area contributed by atoms with E-state index >= 15 is 0 Å². The normalized spacial score (nSPS) is 33.4. The number of hydrogen-bond acceptors (Lipinski definition) is 5. The third-order valence-electron chi connectivity index (χ3n) is 2.38. The van der Waals surface area contributed by atoms with Gasteiger partial charge in [0.1, 0.15) is 12.8 Å². The van der Waals surface area contributed by atoms with Crippen LogP contribution >= 0.6 is 7.60 Å². The monoisotopic (exact) mass is 254 g/mol. The van der Waals surface area contributed by atoms with Crippen LogP contribution in [0.25, 0.3) is 0 Å². The quantitative estimate of drug-likeness (QED) is 0.724. The Bertz CT molecular complexity index is 317. The molecule has 0 N–H and O–H groups in total. The van der Waals surface area contributed by atoms with Crippen molar-refractivity contribution in [1.29, 1.82) is 0 Å². The number of rotatable bonds is 3. The van der Waals surface area contributed by atoms with E-state index in [1.54, 1.807) is 20.8 Å². The molecule has 1 aliphatic heterocycles. The SMILES string of the molecule is CCOC(=O)P1(=O)OCC(C)(C)C(CF)O1. The molecule has 1 aliphatic rings. The molecule has 2 atom stereocenters. The van der Waals surface area contributed by atoms with Crippen LogP contribution in [-0.2, 0) is 18.3 Å². The third kappa shape index (κ3) is 2.62. The minimum atomic E-state index is -3.97. The van der Waals surface area contributed by atoms with E-state index in [9.17, 15) is 13.8 Å². The first-order valence-electron chi connectivity index (χ1n) is 5.02. The number of carbonyl (C=O) groups excluding carboxylic acids is 1. The molecular formula is C9H16FO5P. The lowest BCUT2D eigenvalue weighted by atomic mass is 9.88. The van der Waals surface area contributed by atoms with Crippen molar-refractivity contribution in [2.75, 3.05) is 19.9 Å². The van der Waals surface area contributed by atoms with Gasteiger partial charge in [0.25, 0.3) is 0 Å². The zero-order chi connectivity index (χ0) is 12.4. The number of hydrogen-bond donors (Lipinski definition) is 0. The van der Waals surface area contributed by atoms with Gasteiger partial charge in [-0.1, -0.05) is 13.8 Å². The summed E-state index contributed by atoms with van der Waals surface area (Å²) in [5, 5.41) is 0. The van der Waals surface area contributed by atoms with E-state index in [0.29, 0.717) is 0 Å². The van der Waals surface area contributed by atoms with E-state index in [-0.39, 0.29) is 13.2 Å². The van der Waals surface area contributed by atoms with Gasteiger partial charge >= 0.3 is 13.3 Å². The van der Waals surface area contributed by atoms with Crippen LogP contribution in [0.1, 0.15) is 20.8 Å². The summed E-state index contributed by atoms with van der Waals surface area (Å²) < 4.78 is 39.0. The molecule has 1 heterocycles. The molecule has 1 fully saturated rings. The first kappa shape index (κ1) is 13.6. The van der Waals surface area contributed by atoms with Gasteiger partial charge in [-0.05, 0) is 6.92 Å². The van der Waals surface area contributed by atoms with Crippen LogP contribution in [0.3, 0.4) is 0 Å². The van der Waals surface area contributed by atoms with Crippen LogP contribution in [0.15, 0.2) is 0 Å². The zero-order valence-corrected chi connectivity index (χ0v) is 10.5. The van der Waals surface area contributed by atoms with Crippen molar-refractivity contribution < 1.29 is 27.5 Å². The molecule has 94 valence electrons. The summed E-state index contributed by atoms with van der Waals surface area (Å²) in [6, 6.07) is 0. The maximum Gasteiger partial charge on any atom is 0.438 e. The Labute approximate surface area is 93.8 Å². The summed E-state index contributed by atoms with van der Waals surface area (Å²) >= 11 is 0. The minimum absolute atomic E-state index is 0.00230. The van der Waals surface area contributed by atoms with Crippen LogP contribution in [0, 0.1) is 5.41 Å². The highest BCUT2D eigenvalue weighted by Crippen LogP contribution is 2.57. The second-order valence-corrected chi connectivity index (χ2v) is 6.04. The second kappa shape index (κ2) is 4.82. The molecule has 16 heavy (non-hydrogen) atoms. The maximum atomic E-state index is 12.7. The number of ether oxygens (including phenoxy) is 1. The lowest BCUT2D eigenvalue weighted by Gasteiger charge is -2.38. The standard InChI is InChI=1S/C9H16FO5P/c1-4-13-8(11)16(12)14-6-9(2,3)7(5-10)15-16/h7H,4-6H2,1-3H3. The summed E-state index contributed by atoms with van der Waals surface area (Å²) in [6.45, 7) is 4.25. The van der Waals surface area contributed by atoms with Crippen molar-refractivity contribution in [3.63, 3.8) is 0 Å². The topological polar surface area (TPSA) is 61.8 Å². The molecule has 0 amide bonds. The van der Waals surface area contributed by atoms with Crippen LogP contribution in [0.2, 0.25) is 0 Å². The molecule has 0 radical (unpaired) electrons. The van der Waals surface area contributed by atoms with Crippen LogP contribution < -0.4 is 0 Å². The molecule has 0 saturated carbocycles. The Balaban J connectivity index is 2.80. The highest BCUT2D eigenvalue weighted by Gasteiger charge is 2.49. The van der Waals surface area contributed by atoms with Gasteiger partial charge in [-0.2, -0.15) is 0 Å². The van der Waals surface area contributed by atoms with E-state index in [1.165, 1.54) is 0 Å². The first-order valence-corrected chi connectivity index (χ1v) is 6.56. The van der Waals surface area contributed by atoms with Gasteiger partial charge in [-0.25, -0.2) is 13.8 Å². The Morgan fingerprint density at radius 3 is 2.75 bits per heavy atom. The van der Waals surface area contributed by atoms with E-state index < -0.39 is 31.5 Å². The van der Waals surface area contributed by atoms with E-state index in [1.807, 2.05) is 0 Å². The molecule has 7 heteroatoms. The van der Waals surface area contributed by atoms with E-state index in [4.69, 9.17) is 9.05 Å². The average Bonchev–Trinajstić information content (AvgIpc) is 2.22. The van der Waals surface area contributed by atoms with Gasteiger partial charge in [-0.15, -0.1) is 0 Å². The minimum Gasteiger partial charge on any atom is -0.457 e. The lowest BCUT2D eigenvalue weighted by Crippen LogP contribution is -2.41. The predicted molar refractivity (Wildman–Crippen MR) is 55.2 cm³/mol. The predicted octanol–water partition coefficient (Wildman–Crippen LogP) is 2.75. The van der Waals surface area contributed by atoms with Gasteiger partial charge < -0.3 is 4.74 Å². The smallest absolute Gasteiger partial charge is 0.438 e. The second-order valence-electron chi connectivity index (χ2n) is 4.21. The van der Waals surface area contributed by atoms with Crippen molar-refractivity contribution in [3.8, 4) is 0 Å². The van der Waals surface area contributed by atoms with Crippen molar-refractivity contribution in [3.05, 3.63) is 0 Å². The summed E-state index contributed by atoms with van der Waals surface area (Å²) in [6.07, 6.45) is -0.920. The molecule has 0 aromatic carbocycles. The molecule has 0 aromatic rings.